The molecular formula is C20H15FN6O2S. The minimum Gasteiger partial charge on any atom is -0.326 e. The second kappa shape index (κ2) is 8.62. The smallest absolute Gasteiger partial charge is 0.257 e. The van der Waals surface area contributed by atoms with E-state index >= 15 is 0 Å². The Morgan fingerprint density at radius 2 is 1.93 bits per heavy atom. The van der Waals surface area contributed by atoms with Crippen molar-refractivity contribution >= 4 is 34.0 Å². The molecule has 0 atom stereocenters. The van der Waals surface area contributed by atoms with Crippen LogP contribution in [0.2, 0.25) is 0 Å². The van der Waals surface area contributed by atoms with Gasteiger partial charge in [-0.3, -0.25) is 14.9 Å². The lowest BCUT2D eigenvalue weighted by molar-refractivity contribution is -0.115. The number of benzene rings is 2. The highest BCUT2D eigenvalue weighted by molar-refractivity contribution is 7.14. The first-order chi connectivity index (χ1) is 14.6. The lowest BCUT2D eigenvalue weighted by Gasteiger charge is -2.07. The van der Waals surface area contributed by atoms with Gasteiger partial charge in [-0.1, -0.05) is 18.2 Å². The van der Waals surface area contributed by atoms with Gasteiger partial charge < -0.3 is 5.32 Å². The molecule has 4 aromatic rings. The molecule has 150 valence electrons. The van der Waals surface area contributed by atoms with E-state index in [9.17, 15) is 14.0 Å². The first-order valence-corrected chi connectivity index (χ1v) is 9.71. The largest absolute Gasteiger partial charge is 0.326 e. The van der Waals surface area contributed by atoms with Crippen molar-refractivity contribution in [1.82, 2.24) is 19.7 Å². The van der Waals surface area contributed by atoms with Crippen LogP contribution in [-0.4, -0.2) is 31.6 Å². The monoisotopic (exact) mass is 422 g/mol. The molecular weight excluding hydrogens is 407 g/mol. The van der Waals surface area contributed by atoms with Crippen LogP contribution in [0.3, 0.4) is 0 Å². The molecule has 2 aromatic carbocycles. The number of anilines is 2. The molecule has 0 bridgehead atoms. The van der Waals surface area contributed by atoms with Crippen molar-refractivity contribution in [3.8, 4) is 5.69 Å². The van der Waals surface area contributed by atoms with Crippen LogP contribution < -0.4 is 10.6 Å². The summed E-state index contributed by atoms with van der Waals surface area (Å²) in [6.45, 7) is 0. The van der Waals surface area contributed by atoms with Gasteiger partial charge in [0.1, 0.15) is 18.3 Å². The maximum absolute atomic E-state index is 14.3. The molecule has 0 saturated carbocycles. The predicted octanol–water partition coefficient (Wildman–Crippen LogP) is 3.30. The van der Waals surface area contributed by atoms with Crippen molar-refractivity contribution in [2.75, 3.05) is 10.6 Å². The van der Waals surface area contributed by atoms with E-state index in [0.29, 0.717) is 22.1 Å². The van der Waals surface area contributed by atoms with E-state index in [1.807, 2.05) is 6.07 Å². The number of carbonyl (C=O) groups is 2. The zero-order valence-corrected chi connectivity index (χ0v) is 16.3. The Morgan fingerprint density at radius 1 is 1.10 bits per heavy atom. The maximum atomic E-state index is 14.3. The molecule has 30 heavy (non-hydrogen) atoms. The minimum atomic E-state index is -0.544. The highest BCUT2D eigenvalue weighted by Gasteiger charge is 2.12. The van der Waals surface area contributed by atoms with Gasteiger partial charge in [0.2, 0.25) is 5.91 Å². The first-order valence-electron chi connectivity index (χ1n) is 8.84. The van der Waals surface area contributed by atoms with E-state index in [0.717, 1.165) is 0 Å². The van der Waals surface area contributed by atoms with Crippen LogP contribution in [0.4, 0.5) is 15.2 Å². The molecule has 0 aliphatic carbocycles. The lowest BCUT2D eigenvalue weighted by Crippen LogP contribution is -2.15. The third-order valence-corrected chi connectivity index (χ3v) is 4.85. The number of halogens is 1. The van der Waals surface area contributed by atoms with E-state index in [-0.39, 0.29) is 23.9 Å². The van der Waals surface area contributed by atoms with Gasteiger partial charge in [0.15, 0.2) is 10.9 Å². The standard InChI is InChI=1S/C20H15FN6O2S/c21-16-8-14(6-7-17(16)27-12-22-11-23-27)24-18(28)9-15-10-30-20(25-15)26-19(29)13-4-2-1-3-5-13/h1-8,10-12H,9H2,(H,24,28)(H,25,26,29). The Bertz CT molecular complexity index is 1180. The normalized spacial score (nSPS) is 10.6. The van der Waals surface area contributed by atoms with Gasteiger partial charge >= 0.3 is 0 Å². The van der Waals surface area contributed by atoms with Gasteiger partial charge in [-0.25, -0.2) is 19.0 Å². The summed E-state index contributed by atoms with van der Waals surface area (Å²) in [5.41, 5.74) is 1.56. The van der Waals surface area contributed by atoms with E-state index in [4.69, 9.17) is 0 Å². The van der Waals surface area contributed by atoms with Crippen molar-refractivity contribution in [2.24, 2.45) is 0 Å². The van der Waals surface area contributed by atoms with Crippen molar-refractivity contribution < 1.29 is 14.0 Å². The molecule has 2 aromatic heterocycles. The first kappa shape index (κ1) is 19.4. The summed E-state index contributed by atoms with van der Waals surface area (Å²) in [5, 5.41) is 11.3. The fourth-order valence-electron chi connectivity index (χ4n) is 2.68. The summed E-state index contributed by atoms with van der Waals surface area (Å²) in [7, 11) is 0. The molecule has 2 amide bonds. The average Bonchev–Trinajstić information content (AvgIpc) is 3.41. The molecule has 0 saturated heterocycles. The average molecular weight is 422 g/mol. The maximum Gasteiger partial charge on any atom is 0.257 e. The van der Waals surface area contributed by atoms with Gasteiger partial charge in [0, 0.05) is 16.6 Å². The molecule has 0 aliphatic heterocycles. The molecule has 10 heteroatoms. The van der Waals surface area contributed by atoms with Crippen LogP contribution >= 0.6 is 11.3 Å². The lowest BCUT2D eigenvalue weighted by atomic mass is 10.2. The van der Waals surface area contributed by atoms with Crippen LogP contribution in [0, 0.1) is 5.82 Å². The fraction of sp³-hybridized carbons (Fsp3) is 0.0500. The number of carbonyl (C=O) groups excluding carboxylic acids is 2. The van der Waals surface area contributed by atoms with Crippen LogP contribution in [0.25, 0.3) is 5.69 Å². The molecule has 0 spiro atoms. The third kappa shape index (κ3) is 4.55. The van der Waals surface area contributed by atoms with Crippen molar-refractivity contribution in [1.29, 1.82) is 0 Å². The molecule has 0 aliphatic rings. The Kier molecular flexibility index (Phi) is 5.57. The third-order valence-electron chi connectivity index (χ3n) is 4.05. The molecule has 4 rings (SSSR count). The van der Waals surface area contributed by atoms with Gasteiger partial charge in [-0.15, -0.1) is 11.3 Å². The number of nitrogens with zero attached hydrogens (tertiary/aromatic N) is 4. The number of hydrogen-bond donors (Lipinski definition) is 2. The van der Waals surface area contributed by atoms with E-state index < -0.39 is 5.82 Å². The van der Waals surface area contributed by atoms with E-state index in [1.54, 1.807) is 35.7 Å². The summed E-state index contributed by atoms with van der Waals surface area (Å²) in [4.78, 5) is 32.5. The molecule has 2 heterocycles. The highest BCUT2D eigenvalue weighted by atomic mass is 32.1. The van der Waals surface area contributed by atoms with Crippen molar-refractivity contribution in [3.63, 3.8) is 0 Å². The Balaban J connectivity index is 1.36. The number of nitrogens with one attached hydrogen (secondary N) is 2. The quantitative estimate of drug-likeness (QED) is 0.496. The van der Waals surface area contributed by atoms with Crippen molar-refractivity contribution in [3.05, 3.63) is 83.6 Å². The van der Waals surface area contributed by atoms with Crippen LogP contribution in [0.1, 0.15) is 16.1 Å². The van der Waals surface area contributed by atoms with Crippen LogP contribution in [0.5, 0.6) is 0 Å². The molecule has 8 nitrogen and oxygen atoms in total. The van der Waals surface area contributed by atoms with Gasteiger partial charge in [0.05, 0.1) is 12.1 Å². The summed E-state index contributed by atoms with van der Waals surface area (Å²) in [5.74, 6) is -1.17. The zero-order chi connectivity index (χ0) is 20.9. The topological polar surface area (TPSA) is 102 Å². The van der Waals surface area contributed by atoms with Gasteiger partial charge in [-0.2, -0.15) is 5.10 Å². The predicted molar refractivity (Wildman–Crippen MR) is 110 cm³/mol. The van der Waals surface area contributed by atoms with Gasteiger partial charge in [-0.05, 0) is 30.3 Å². The number of hydrogen-bond acceptors (Lipinski definition) is 6. The zero-order valence-electron chi connectivity index (χ0n) is 15.4. The second-order valence-corrected chi connectivity index (χ2v) is 7.05. The van der Waals surface area contributed by atoms with Crippen LogP contribution in [0.15, 0.2) is 66.6 Å². The Labute approximate surface area is 174 Å². The summed E-state index contributed by atoms with van der Waals surface area (Å²) < 4.78 is 15.6. The van der Waals surface area contributed by atoms with Crippen LogP contribution in [-0.2, 0) is 11.2 Å². The number of thiazole rings is 1. The second-order valence-electron chi connectivity index (χ2n) is 6.20. The summed E-state index contributed by atoms with van der Waals surface area (Å²) in [6.07, 6.45) is 2.68. The number of amides is 2. The van der Waals surface area contributed by atoms with E-state index in [1.165, 1.54) is 40.8 Å². The Hall–Kier alpha value is -3.92. The molecule has 0 unspecified atom stereocenters. The SMILES string of the molecule is O=C(Cc1csc(NC(=O)c2ccccc2)n1)Nc1ccc(-n2cncn2)c(F)c1. The number of aromatic nitrogens is 4. The fourth-order valence-corrected chi connectivity index (χ4v) is 3.38. The van der Waals surface area contributed by atoms with Crippen molar-refractivity contribution in [2.45, 2.75) is 6.42 Å². The summed E-state index contributed by atoms with van der Waals surface area (Å²) in [6, 6.07) is 13.0. The highest BCUT2D eigenvalue weighted by Crippen LogP contribution is 2.19. The molecule has 2 N–H and O–H groups in total. The Morgan fingerprint density at radius 3 is 2.67 bits per heavy atom. The molecule has 0 radical (unpaired) electrons. The van der Waals surface area contributed by atoms with E-state index in [2.05, 4.69) is 25.7 Å². The minimum absolute atomic E-state index is 0.00977. The van der Waals surface area contributed by atoms with Gasteiger partial charge in [0.25, 0.3) is 5.91 Å². The number of rotatable bonds is 6. The summed E-state index contributed by atoms with van der Waals surface area (Å²) >= 11 is 1.23. The molecule has 0 fully saturated rings.